The summed E-state index contributed by atoms with van der Waals surface area (Å²) in [5, 5.41) is 0. The lowest BCUT2D eigenvalue weighted by Crippen LogP contribution is -1.98. The molecule has 0 saturated carbocycles. The average Bonchev–Trinajstić information content (AvgIpc) is 2.38. The van der Waals surface area contributed by atoms with E-state index in [1.807, 2.05) is 13.8 Å². The third-order valence-electron chi connectivity index (χ3n) is 1.76. The van der Waals surface area contributed by atoms with Crippen LogP contribution in [0, 0.1) is 5.92 Å². The van der Waals surface area contributed by atoms with Gasteiger partial charge in [-0.1, -0.05) is 13.8 Å². The lowest BCUT2D eigenvalue weighted by Gasteiger charge is -2.07. The maximum absolute atomic E-state index is 5.66. The van der Waals surface area contributed by atoms with Gasteiger partial charge in [0, 0.05) is 17.8 Å². The van der Waals surface area contributed by atoms with Gasteiger partial charge in [-0.25, -0.2) is 0 Å². The third-order valence-corrected chi connectivity index (χ3v) is 1.76. The fraction of sp³-hybridized carbons (Fsp3) is 0.333. The number of hydrogen-bond donors (Lipinski definition) is 2. The molecule has 0 fully saturated rings. The van der Waals surface area contributed by atoms with Crippen LogP contribution in [0.25, 0.3) is 5.57 Å². The summed E-state index contributed by atoms with van der Waals surface area (Å²) in [6, 6.07) is 1.72. The van der Waals surface area contributed by atoms with Gasteiger partial charge in [-0.3, -0.25) is 0 Å². The number of allylic oxidation sites excluding steroid dienone is 1. The van der Waals surface area contributed by atoms with Gasteiger partial charge in [0.25, 0.3) is 0 Å². The van der Waals surface area contributed by atoms with E-state index in [0.717, 1.165) is 5.57 Å². The summed E-state index contributed by atoms with van der Waals surface area (Å²) in [7, 11) is 0. The van der Waals surface area contributed by atoms with E-state index in [9.17, 15) is 0 Å². The van der Waals surface area contributed by atoms with Gasteiger partial charge in [-0.2, -0.15) is 0 Å². The molecule has 66 valence electrons. The Bertz CT molecular complexity index is 286. The van der Waals surface area contributed by atoms with Crippen LogP contribution in [-0.2, 0) is 0 Å². The minimum atomic E-state index is 0.323. The number of rotatable bonds is 2. The minimum Gasteiger partial charge on any atom is -0.462 e. The summed E-state index contributed by atoms with van der Waals surface area (Å²) >= 11 is 0. The van der Waals surface area contributed by atoms with E-state index < -0.39 is 0 Å². The molecule has 0 aromatic carbocycles. The SMILES string of the molecule is CC(C)/C(=C/N)c1occc1N. The van der Waals surface area contributed by atoms with Crippen molar-refractivity contribution in [1.82, 2.24) is 0 Å². The molecule has 0 amide bonds. The normalized spacial score (nSPS) is 12.4. The van der Waals surface area contributed by atoms with Crippen LogP contribution in [0.15, 0.2) is 22.9 Å². The number of hydrogen-bond acceptors (Lipinski definition) is 3. The molecule has 0 aliphatic heterocycles. The van der Waals surface area contributed by atoms with Crippen LogP contribution >= 0.6 is 0 Å². The summed E-state index contributed by atoms with van der Waals surface area (Å²) in [5.41, 5.74) is 12.7. The van der Waals surface area contributed by atoms with Crippen molar-refractivity contribution < 1.29 is 4.42 Å². The zero-order chi connectivity index (χ0) is 9.14. The third kappa shape index (κ3) is 1.44. The first-order valence-electron chi connectivity index (χ1n) is 3.92. The molecule has 0 saturated heterocycles. The van der Waals surface area contributed by atoms with Gasteiger partial charge in [0.05, 0.1) is 12.0 Å². The summed E-state index contributed by atoms with van der Waals surface area (Å²) in [6.07, 6.45) is 3.11. The quantitative estimate of drug-likeness (QED) is 0.704. The molecule has 1 aromatic heterocycles. The molecule has 0 atom stereocenters. The molecule has 1 heterocycles. The minimum absolute atomic E-state index is 0.323. The first-order chi connectivity index (χ1) is 5.66. The average molecular weight is 166 g/mol. The van der Waals surface area contributed by atoms with Crippen molar-refractivity contribution in [3.05, 3.63) is 24.3 Å². The maximum atomic E-state index is 5.66. The number of anilines is 1. The summed E-state index contributed by atoms with van der Waals surface area (Å²) in [6.45, 7) is 4.08. The van der Waals surface area contributed by atoms with E-state index in [0.29, 0.717) is 17.4 Å². The second kappa shape index (κ2) is 3.34. The fourth-order valence-corrected chi connectivity index (χ4v) is 1.08. The number of furan rings is 1. The van der Waals surface area contributed by atoms with Crippen molar-refractivity contribution in [2.45, 2.75) is 13.8 Å². The first-order valence-corrected chi connectivity index (χ1v) is 3.92. The van der Waals surface area contributed by atoms with Gasteiger partial charge in [0.15, 0.2) is 5.76 Å². The molecule has 0 radical (unpaired) electrons. The van der Waals surface area contributed by atoms with Crippen molar-refractivity contribution in [3.63, 3.8) is 0 Å². The summed E-state index contributed by atoms with van der Waals surface area (Å²) < 4.78 is 5.21. The highest BCUT2D eigenvalue weighted by molar-refractivity contribution is 5.71. The van der Waals surface area contributed by atoms with Crippen LogP contribution in [0.1, 0.15) is 19.6 Å². The Kier molecular flexibility index (Phi) is 2.43. The Labute approximate surface area is 72.0 Å². The first kappa shape index (κ1) is 8.71. The fourth-order valence-electron chi connectivity index (χ4n) is 1.08. The highest BCUT2D eigenvalue weighted by Gasteiger charge is 2.11. The Morgan fingerprint density at radius 3 is 2.58 bits per heavy atom. The van der Waals surface area contributed by atoms with Crippen molar-refractivity contribution in [3.8, 4) is 0 Å². The van der Waals surface area contributed by atoms with Gasteiger partial charge in [0.2, 0.25) is 0 Å². The molecular weight excluding hydrogens is 152 g/mol. The molecule has 0 spiro atoms. The van der Waals surface area contributed by atoms with Gasteiger partial charge in [-0.05, 0) is 5.92 Å². The molecule has 0 bridgehead atoms. The van der Waals surface area contributed by atoms with Gasteiger partial charge < -0.3 is 15.9 Å². The van der Waals surface area contributed by atoms with Gasteiger partial charge in [0.1, 0.15) is 0 Å². The lowest BCUT2D eigenvalue weighted by molar-refractivity contribution is 0.546. The lowest BCUT2D eigenvalue weighted by atomic mass is 10.0. The zero-order valence-corrected chi connectivity index (χ0v) is 7.37. The molecule has 0 unspecified atom stereocenters. The highest BCUT2D eigenvalue weighted by Crippen LogP contribution is 2.27. The highest BCUT2D eigenvalue weighted by atomic mass is 16.3. The monoisotopic (exact) mass is 166 g/mol. The van der Waals surface area contributed by atoms with Crippen LogP contribution in [0.5, 0.6) is 0 Å². The predicted molar refractivity (Wildman–Crippen MR) is 50.1 cm³/mol. The Balaban J connectivity index is 3.04. The second-order valence-corrected chi connectivity index (χ2v) is 2.98. The molecular formula is C9H14N2O. The van der Waals surface area contributed by atoms with E-state index >= 15 is 0 Å². The van der Waals surface area contributed by atoms with E-state index in [2.05, 4.69) is 0 Å². The molecule has 4 N–H and O–H groups in total. The Morgan fingerprint density at radius 1 is 1.58 bits per heavy atom. The molecule has 0 aliphatic rings. The predicted octanol–water partition coefficient (Wildman–Crippen LogP) is 1.82. The molecule has 0 aliphatic carbocycles. The summed E-state index contributed by atoms with van der Waals surface area (Å²) in [4.78, 5) is 0. The molecule has 1 aromatic rings. The topological polar surface area (TPSA) is 65.2 Å². The Hall–Kier alpha value is -1.38. The van der Waals surface area contributed by atoms with Gasteiger partial charge >= 0.3 is 0 Å². The van der Waals surface area contributed by atoms with Crippen LogP contribution in [0.4, 0.5) is 5.69 Å². The largest absolute Gasteiger partial charge is 0.462 e. The van der Waals surface area contributed by atoms with Crippen LogP contribution in [-0.4, -0.2) is 0 Å². The van der Waals surface area contributed by atoms with Crippen molar-refractivity contribution in [2.24, 2.45) is 11.7 Å². The Morgan fingerprint density at radius 2 is 2.25 bits per heavy atom. The second-order valence-electron chi connectivity index (χ2n) is 2.98. The smallest absolute Gasteiger partial charge is 0.154 e. The molecule has 3 nitrogen and oxygen atoms in total. The van der Waals surface area contributed by atoms with Crippen molar-refractivity contribution >= 4 is 11.3 Å². The summed E-state index contributed by atoms with van der Waals surface area (Å²) in [5.74, 6) is 1.01. The molecule has 12 heavy (non-hydrogen) atoms. The van der Waals surface area contributed by atoms with Crippen LogP contribution in [0.3, 0.4) is 0 Å². The van der Waals surface area contributed by atoms with Crippen LogP contribution < -0.4 is 11.5 Å². The van der Waals surface area contributed by atoms with E-state index in [4.69, 9.17) is 15.9 Å². The van der Waals surface area contributed by atoms with E-state index in [1.54, 1.807) is 18.5 Å². The van der Waals surface area contributed by atoms with Crippen LogP contribution in [0.2, 0.25) is 0 Å². The number of nitrogen functional groups attached to an aromatic ring is 1. The standard InChI is InChI=1S/C9H14N2O/c1-6(2)7(5-10)9-8(11)3-4-12-9/h3-6H,10-11H2,1-2H3/b7-5-. The van der Waals surface area contributed by atoms with E-state index in [-0.39, 0.29) is 0 Å². The van der Waals surface area contributed by atoms with Crippen molar-refractivity contribution in [2.75, 3.05) is 5.73 Å². The zero-order valence-electron chi connectivity index (χ0n) is 7.37. The number of nitrogens with two attached hydrogens (primary N) is 2. The molecule has 3 heteroatoms. The van der Waals surface area contributed by atoms with Crippen molar-refractivity contribution in [1.29, 1.82) is 0 Å². The van der Waals surface area contributed by atoms with E-state index in [1.165, 1.54) is 0 Å². The van der Waals surface area contributed by atoms with Gasteiger partial charge in [-0.15, -0.1) is 0 Å². The maximum Gasteiger partial charge on any atom is 0.154 e. The molecule has 1 rings (SSSR count).